The van der Waals surface area contributed by atoms with Crippen molar-refractivity contribution in [3.05, 3.63) is 186 Å². The van der Waals surface area contributed by atoms with Gasteiger partial charge in [-0.1, -0.05) is 108 Å². The number of hydrogen-bond acceptors (Lipinski definition) is 8. The molecule has 0 amide bonds. The molecule has 0 N–H and O–H groups in total. The SMILES string of the molecule is CC(=O)c1ccc(C2(c3ccc(C)cc3)c3cc(C=O)sc3-c3sc4c5c(sc4c32)-c2sc(C=O)cc2C5(c2ccc(C)cc2)c2ccc(C(C)=O)cc2)cc1. The van der Waals surface area contributed by atoms with Gasteiger partial charge < -0.3 is 0 Å². The summed E-state index contributed by atoms with van der Waals surface area (Å²) in [6.07, 6.45) is 1.90. The van der Waals surface area contributed by atoms with E-state index >= 15 is 0 Å². The molecule has 0 saturated carbocycles. The fourth-order valence-corrected chi connectivity index (χ4v) is 14.6. The number of benzene rings is 4. The molecule has 4 nitrogen and oxygen atoms in total. The summed E-state index contributed by atoms with van der Waals surface area (Å²) in [4.78, 5) is 55.9. The van der Waals surface area contributed by atoms with E-state index in [1.54, 1.807) is 36.5 Å². The first kappa shape index (κ1) is 35.1. The van der Waals surface area contributed by atoms with Crippen LogP contribution < -0.4 is 0 Å². The van der Waals surface area contributed by atoms with E-state index in [1.807, 2.05) is 24.3 Å². The molecule has 2 aliphatic rings. The molecule has 272 valence electrons. The Morgan fingerprint density at radius 3 is 1.09 bits per heavy atom. The number of aryl methyl sites for hydroxylation is 2. The number of hydrogen-bond donors (Lipinski definition) is 0. The van der Waals surface area contributed by atoms with Crippen molar-refractivity contribution in [2.24, 2.45) is 0 Å². The van der Waals surface area contributed by atoms with Gasteiger partial charge in [0.05, 0.1) is 49.5 Å². The zero-order valence-electron chi connectivity index (χ0n) is 30.8. The van der Waals surface area contributed by atoms with Gasteiger partial charge in [0.2, 0.25) is 0 Å². The number of fused-ring (bicyclic) bond motifs is 9. The molecule has 4 aromatic heterocycles. The molecule has 2 aliphatic carbocycles. The monoisotopic (exact) mass is 800 g/mol. The molecular weight excluding hydrogens is 769 g/mol. The number of carbonyl (C=O) groups excluding carboxylic acids is 4. The third kappa shape index (κ3) is 4.61. The smallest absolute Gasteiger partial charge is 0.160 e. The summed E-state index contributed by atoms with van der Waals surface area (Å²) in [7, 11) is 0. The minimum absolute atomic E-state index is 0.00495. The van der Waals surface area contributed by atoms with Crippen LogP contribution >= 0.6 is 45.3 Å². The van der Waals surface area contributed by atoms with Gasteiger partial charge in [-0.3, -0.25) is 19.2 Å². The van der Waals surface area contributed by atoms with Gasteiger partial charge >= 0.3 is 0 Å². The maximum atomic E-state index is 12.5. The van der Waals surface area contributed by atoms with Crippen molar-refractivity contribution in [2.75, 3.05) is 0 Å². The maximum Gasteiger partial charge on any atom is 0.160 e. The number of aldehydes is 2. The van der Waals surface area contributed by atoms with Crippen molar-refractivity contribution in [3.63, 3.8) is 0 Å². The minimum atomic E-state index is -0.774. The van der Waals surface area contributed by atoms with Gasteiger partial charge in [0.25, 0.3) is 0 Å². The van der Waals surface area contributed by atoms with Crippen LogP contribution in [0.25, 0.3) is 28.9 Å². The molecule has 0 saturated heterocycles. The molecule has 4 aromatic carbocycles. The number of ketones is 2. The Kier molecular flexibility index (Phi) is 7.87. The molecular formula is C48H32O4S4. The highest BCUT2D eigenvalue weighted by Crippen LogP contribution is 2.69. The number of Topliss-reactive ketones (excluding diaryl/α,β-unsaturated/α-hetero) is 2. The molecule has 8 heteroatoms. The second-order valence-electron chi connectivity index (χ2n) is 14.8. The van der Waals surface area contributed by atoms with E-state index in [4.69, 9.17) is 0 Å². The van der Waals surface area contributed by atoms with E-state index in [9.17, 15) is 19.2 Å². The molecule has 10 rings (SSSR count). The van der Waals surface area contributed by atoms with Crippen LogP contribution in [-0.2, 0) is 10.8 Å². The molecule has 0 aliphatic heterocycles. The lowest BCUT2D eigenvalue weighted by atomic mass is 9.67. The Bertz CT molecular complexity index is 2750. The third-order valence-corrected chi connectivity index (χ3v) is 16.6. The van der Waals surface area contributed by atoms with Crippen LogP contribution in [0.5, 0.6) is 0 Å². The van der Waals surface area contributed by atoms with E-state index in [-0.39, 0.29) is 11.6 Å². The standard InChI is InChI=1S/C48H32O4S4/c1-25-5-13-31(14-6-25)47(33-17-9-29(10-18-33)27(3)51)37-21-35(23-49)53-41(37)43-39(47)45-46(55-43)40-44(56-45)42-38(22-36(24-50)54-42)48(40,32-15-7-26(2)8-16-32)34-19-11-30(12-20-34)28(4)52/h5-24H,1-4H3. The molecule has 0 radical (unpaired) electrons. The van der Waals surface area contributed by atoms with Gasteiger partial charge in [0, 0.05) is 22.3 Å². The van der Waals surface area contributed by atoms with E-state index in [0.717, 1.165) is 76.6 Å². The fourth-order valence-electron chi connectivity index (χ4n) is 9.08. The number of thiophene rings is 4. The Hall–Kier alpha value is -5.38. The summed E-state index contributed by atoms with van der Waals surface area (Å²) in [5.41, 5.74) is 10.8. The average Bonchev–Trinajstić information content (AvgIpc) is 4.04. The second kappa shape index (κ2) is 12.6. The van der Waals surface area contributed by atoms with Crippen LogP contribution in [0.1, 0.15) is 110 Å². The summed E-state index contributed by atoms with van der Waals surface area (Å²) in [5, 5.41) is 0. The third-order valence-electron chi connectivity index (χ3n) is 11.6. The highest BCUT2D eigenvalue weighted by molar-refractivity contribution is 7.34. The Morgan fingerprint density at radius 2 is 0.786 bits per heavy atom. The zero-order chi connectivity index (χ0) is 38.7. The molecule has 56 heavy (non-hydrogen) atoms. The predicted molar refractivity (Wildman–Crippen MR) is 230 cm³/mol. The van der Waals surface area contributed by atoms with Crippen LogP contribution in [0, 0.1) is 13.8 Å². The summed E-state index contributed by atoms with van der Waals surface area (Å²) in [6.45, 7) is 7.35. The molecule has 2 unspecified atom stereocenters. The molecule has 0 fully saturated rings. The van der Waals surface area contributed by atoms with E-state index in [1.165, 1.54) is 43.2 Å². The fraction of sp³-hybridized carbons (Fsp3) is 0.125. The molecule has 8 aromatic rings. The average molecular weight is 801 g/mol. The van der Waals surface area contributed by atoms with Crippen molar-refractivity contribution in [2.45, 2.75) is 38.5 Å². The Balaban J connectivity index is 1.37. The highest BCUT2D eigenvalue weighted by Gasteiger charge is 2.55. The van der Waals surface area contributed by atoms with Gasteiger partial charge in [-0.15, -0.1) is 45.3 Å². The maximum absolute atomic E-state index is 12.5. The Labute approximate surface area is 339 Å². The second-order valence-corrected chi connectivity index (χ2v) is 19.0. The normalized spacial score (nSPS) is 17.7. The van der Waals surface area contributed by atoms with E-state index < -0.39 is 10.8 Å². The zero-order valence-corrected chi connectivity index (χ0v) is 34.1. The van der Waals surface area contributed by atoms with Gasteiger partial charge in [-0.2, -0.15) is 0 Å². The summed E-state index contributed by atoms with van der Waals surface area (Å²) in [5.74, 6) is 0.00989. The lowest BCUT2D eigenvalue weighted by Crippen LogP contribution is -2.29. The van der Waals surface area contributed by atoms with Crippen LogP contribution in [-0.4, -0.2) is 24.1 Å². The Morgan fingerprint density at radius 1 is 0.464 bits per heavy atom. The quantitative estimate of drug-likeness (QED) is 0.113. The lowest BCUT2D eigenvalue weighted by molar-refractivity contribution is 0.100. The first-order valence-corrected chi connectivity index (χ1v) is 21.5. The topological polar surface area (TPSA) is 68.3 Å². The largest absolute Gasteiger partial charge is 0.297 e. The van der Waals surface area contributed by atoms with Gasteiger partial charge in [0.15, 0.2) is 24.1 Å². The van der Waals surface area contributed by atoms with Gasteiger partial charge in [-0.05, 0) is 73.2 Å². The summed E-state index contributed by atoms with van der Waals surface area (Å²) in [6, 6.07) is 37.5. The van der Waals surface area contributed by atoms with E-state index in [2.05, 4.69) is 98.8 Å². The highest BCUT2D eigenvalue weighted by atomic mass is 32.1. The van der Waals surface area contributed by atoms with E-state index in [0.29, 0.717) is 20.9 Å². The predicted octanol–water partition coefficient (Wildman–Crippen LogP) is 12.5. The van der Waals surface area contributed by atoms with Crippen LogP contribution in [0.2, 0.25) is 0 Å². The van der Waals surface area contributed by atoms with Crippen molar-refractivity contribution >= 4 is 78.9 Å². The first-order valence-electron chi connectivity index (χ1n) is 18.3. The van der Waals surface area contributed by atoms with Crippen molar-refractivity contribution in [3.8, 4) is 19.5 Å². The number of rotatable bonds is 8. The van der Waals surface area contributed by atoms with Gasteiger partial charge in [0.1, 0.15) is 0 Å². The number of carbonyl (C=O) groups is 4. The molecule has 0 spiro atoms. The molecule has 4 heterocycles. The summed E-state index contributed by atoms with van der Waals surface area (Å²) < 4.78 is 2.34. The van der Waals surface area contributed by atoms with Crippen LogP contribution in [0.3, 0.4) is 0 Å². The van der Waals surface area contributed by atoms with Gasteiger partial charge in [-0.25, -0.2) is 0 Å². The van der Waals surface area contributed by atoms with Crippen molar-refractivity contribution in [1.82, 2.24) is 0 Å². The molecule has 0 bridgehead atoms. The minimum Gasteiger partial charge on any atom is -0.297 e. The van der Waals surface area contributed by atoms with Crippen molar-refractivity contribution < 1.29 is 19.2 Å². The van der Waals surface area contributed by atoms with Crippen LogP contribution in [0.4, 0.5) is 0 Å². The summed E-state index contributed by atoms with van der Waals surface area (Å²) >= 11 is 6.64. The van der Waals surface area contributed by atoms with Crippen LogP contribution in [0.15, 0.2) is 109 Å². The first-order chi connectivity index (χ1) is 27.1. The van der Waals surface area contributed by atoms with Crippen molar-refractivity contribution in [1.29, 1.82) is 0 Å². The molecule has 2 atom stereocenters. The lowest BCUT2D eigenvalue weighted by Gasteiger charge is -2.33.